The highest BCUT2D eigenvalue weighted by Crippen LogP contribution is 2.25. The van der Waals surface area contributed by atoms with Crippen molar-refractivity contribution >= 4 is 17.2 Å². The summed E-state index contributed by atoms with van der Waals surface area (Å²) < 4.78 is 18.7. The number of hydrazine groups is 1. The SMILES string of the molecule is O=C(C1CC(c2ccc(F)cc2)NN1)N1CC(Oc2nccs2)C1. The second kappa shape index (κ2) is 6.46. The van der Waals surface area contributed by atoms with Crippen molar-refractivity contribution in [2.75, 3.05) is 13.1 Å². The number of carbonyl (C=O) groups is 1. The highest BCUT2D eigenvalue weighted by Gasteiger charge is 2.39. The van der Waals surface area contributed by atoms with Crippen molar-refractivity contribution < 1.29 is 13.9 Å². The van der Waals surface area contributed by atoms with Gasteiger partial charge < -0.3 is 9.64 Å². The Balaban J connectivity index is 1.28. The molecule has 0 saturated carbocycles. The lowest BCUT2D eigenvalue weighted by Crippen LogP contribution is -2.60. The van der Waals surface area contributed by atoms with Gasteiger partial charge in [0.05, 0.1) is 13.1 Å². The van der Waals surface area contributed by atoms with Crippen LogP contribution in [0.2, 0.25) is 0 Å². The van der Waals surface area contributed by atoms with Crippen LogP contribution in [-0.2, 0) is 4.79 Å². The predicted molar refractivity (Wildman–Crippen MR) is 86.9 cm³/mol. The lowest BCUT2D eigenvalue weighted by atomic mass is 10.0. The molecule has 4 rings (SSSR count). The van der Waals surface area contributed by atoms with Gasteiger partial charge in [0.15, 0.2) is 0 Å². The van der Waals surface area contributed by atoms with E-state index in [0.29, 0.717) is 24.7 Å². The number of ether oxygens (including phenoxy) is 1. The minimum atomic E-state index is -0.277. The van der Waals surface area contributed by atoms with Crippen LogP contribution in [0.4, 0.5) is 4.39 Å². The number of thiazole rings is 1. The van der Waals surface area contributed by atoms with Crippen LogP contribution in [0.15, 0.2) is 35.8 Å². The number of nitrogens with zero attached hydrogens (tertiary/aromatic N) is 2. The Morgan fingerprint density at radius 2 is 2.08 bits per heavy atom. The molecule has 3 heterocycles. The van der Waals surface area contributed by atoms with Crippen LogP contribution in [-0.4, -0.2) is 41.0 Å². The lowest BCUT2D eigenvalue weighted by molar-refractivity contribution is -0.142. The number of benzene rings is 1. The number of nitrogens with one attached hydrogen (secondary N) is 2. The summed E-state index contributed by atoms with van der Waals surface area (Å²) in [5.41, 5.74) is 7.12. The summed E-state index contributed by atoms with van der Waals surface area (Å²) in [4.78, 5) is 18.4. The van der Waals surface area contributed by atoms with Gasteiger partial charge in [-0.1, -0.05) is 23.5 Å². The Morgan fingerprint density at radius 1 is 1.29 bits per heavy atom. The highest BCUT2D eigenvalue weighted by atomic mass is 32.1. The van der Waals surface area contributed by atoms with Gasteiger partial charge in [0.1, 0.15) is 18.0 Å². The third-order valence-electron chi connectivity index (χ3n) is 4.31. The zero-order valence-electron chi connectivity index (χ0n) is 12.8. The standard InChI is InChI=1S/C16H17FN4O2S/c17-11-3-1-10(2-4-11)13-7-14(20-19-13)15(22)21-8-12(9-21)23-16-18-5-6-24-16/h1-6,12-14,19-20H,7-9H2. The van der Waals surface area contributed by atoms with Crippen LogP contribution < -0.4 is 15.6 Å². The van der Waals surface area contributed by atoms with Crippen molar-refractivity contribution in [2.24, 2.45) is 0 Å². The van der Waals surface area contributed by atoms with Crippen LogP contribution in [0, 0.1) is 5.82 Å². The first-order valence-electron chi connectivity index (χ1n) is 7.80. The summed E-state index contributed by atoms with van der Waals surface area (Å²) >= 11 is 1.45. The van der Waals surface area contributed by atoms with Gasteiger partial charge in [-0.15, -0.1) is 0 Å². The number of rotatable bonds is 4. The first-order valence-corrected chi connectivity index (χ1v) is 8.68. The third-order valence-corrected chi connectivity index (χ3v) is 4.97. The molecular weight excluding hydrogens is 331 g/mol. The molecule has 8 heteroatoms. The van der Waals surface area contributed by atoms with E-state index in [-0.39, 0.29) is 29.9 Å². The molecule has 0 radical (unpaired) electrons. The molecule has 2 saturated heterocycles. The minimum absolute atomic E-state index is 0.00296. The van der Waals surface area contributed by atoms with Crippen molar-refractivity contribution in [1.29, 1.82) is 0 Å². The van der Waals surface area contributed by atoms with E-state index in [1.165, 1.54) is 23.5 Å². The molecular formula is C16H17FN4O2S. The molecule has 126 valence electrons. The molecule has 2 unspecified atom stereocenters. The molecule has 0 aliphatic carbocycles. The molecule has 2 N–H and O–H groups in total. The average Bonchev–Trinajstić information content (AvgIpc) is 3.22. The molecule has 0 bridgehead atoms. The molecule has 1 aromatic carbocycles. The van der Waals surface area contributed by atoms with Crippen LogP contribution in [0.25, 0.3) is 0 Å². The lowest BCUT2D eigenvalue weighted by Gasteiger charge is -2.39. The Morgan fingerprint density at radius 3 is 2.79 bits per heavy atom. The normalized spacial score (nSPS) is 24.0. The van der Waals surface area contributed by atoms with Crippen molar-refractivity contribution in [2.45, 2.75) is 24.6 Å². The Bertz CT molecular complexity index is 703. The van der Waals surface area contributed by atoms with Crippen molar-refractivity contribution in [3.8, 4) is 5.19 Å². The molecule has 2 aromatic rings. The van der Waals surface area contributed by atoms with Gasteiger partial charge in [-0.2, -0.15) is 0 Å². The Hall–Kier alpha value is -2.03. The fraction of sp³-hybridized carbons (Fsp3) is 0.375. The van der Waals surface area contributed by atoms with Crippen LogP contribution in [0.3, 0.4) is 0 Å². The zero-order valence-corrected chi connectivity index (χ0v) is 13.6. The van der Waals surface area contributed by atoms with Gasteiger partial charge in [0, 0.05) is 17.6 Å². The maximum atomic E-state index is 13.0. The Kier molecular flexibility index (Phi) is 4.17. The number of amides is 1. The maximum absolute atomic E-state index is 13.0. The van der Waals surface area contributed by atoms with Crippen molar-refractivity contribution in [3.05, 3.63) is 47.2 Å². The molecule has 1 amide bonds. The van der Waals surface area contributed by atoms with Crippen LogP contribution in [0.5, 0.6) is 5.19 Å². The monoisotopic (exact) mass is 348 g/mol. The topological polar surface area (TPSA) is 66.5 Å². The summed E-state index contributed by atoms with van der Waals surface area (Å²) in [6.07, 6.45) is 2.35. The molecule has 1 aromatic heterocycles. The number of hydrogen-bond acceptors (Lipinski definition) is 6. The summed E-state index contributed by atoms with van der Waals surface area (Å²) in [6.45, 7) is 1.16. The van der Waals surface area contributed by atoms with E-state index in [0.717, 1.165) is 5.56 Å². The van der Waals surface area contributed by atoms with Gasteiger partial charge in [-0.05, 0) is 24.1 Å². The van der Waals surface area contributed by atoms with Crippen LogP contribution >= 0.6 is 11.3 Å². The quantitative estimate of drug-likeness (QED) is 0.876. The molecule has 24 heavy (non-hydrogen) atoms. The van der Waals surface area contributed by atoms with Gasteiger partial charge in [0.25, 0.3) is 5.19 Å². The number of hydrogen-bond donors (Lipinski definition) is 2. The smallest absolute Gasteiger partial charge is 0.273 e. The predicted octanol–water partition coefficient (Wildman–Crippen LogP) is 1.48. The largest absolute Gasteiger partial charge is 0.463 e. The van der Waals surface area contributed by atoms with E-state index < -0.39 is 0 Å². The third kappa shape index (κ3) is 3.12. The average molecular weight is 348 g/mol. The van der Waals surface area contributed by atoms with E-state index in [2.05, 4.69) is 15.8 Å². The number of aromatic nitrogens is 1. The van der Waals surface area contributed by atoms with E-state index in [9.17, 15) is 9.18 Å². The van der Waals surface area contributed by atoms with E-state index in [1.54, 1.807) is 23.2 Å². The second-order valence-corrected chi connectivity index (χ2v) is 6.82. The molecule has 6 nitrogen and oxygen atoms in total. The van der Waals surface area contributed by atoms with Crippen LogP contribution in [0.1, 0.15) is 18.0 Å². The minimum Gasteiger partial charge on any atom is -0.463 e. The van der Waals surface area contributed by atoms with E-state index in [4.69, 9.17) is 4.74 Å². The summed E-state index contributed by atoms with van der Waals surface area (Å²) in [5, 5.41) is 2.50. The first-order chi connectivity index (χ1) is 11.7. The van der Waals surface area contributed by atoms with E-state index >= 15 is 0 Å². The molecule has 0 spiro atoms. The van der Waals surface area contributed by atoms with Gasteiger partial charge in [0.2, 0.25) is 5.91 Å². The molecule has 2 fully saturated rings. The second-order valence-electron chi connectivity index (χ2n) is 5.96. The molecule has 2 aliphatic rings. The van der Waals surface area contributed by atoms with Gasteiger partial charge in [-0.25, -0.2) is 20.2 Å². The Labute approximate surface area is 142 Å². The fourth-order valence-electron chi connectivity index (χ4n) is 2.96. The highest BCUT2D eigenvalue weighted by molar-refractivity contribution is 7.11. The molecule has 2 atom stereocenters. The van der Waals surface area contributed by atoms with Gasteiger partial charge in [-0.3, -0.25) is 4.79 Å². The molecule has 2 aliphatic heterocycles. The fourth-order valence-corrected chi connectivity index (χ4v) is 3.51. The number of likely N-dealkylation sites (tertiary alicyclic amines) is 1. The summed E-state index contributed by atoms with van der Waals surface area (Å²) in [5.74, 6) is -0.199. The summed E-state index contributed by atoms with van der Waals surface area (Å²) in [6, 6.07) is 6.07. The van der Waals surface area contributed by atoms with Gasteiger partial charge >= 0.3 is 0 Å². The number of halogens is 1. The maximum Gasteiger partial charge on any atom is 0.273 e. The first kappa shape index (κ1) is 15.5. The van der Waals surface area contributed by atoms with E-state index in [1.807, 2.05) is 5.38 Å². The van der Waals surface area contributed by atoms with Crippen molar-refractivity contribution in [1.82, 2.24) is 20.7 Å². The zero-order chi connectivity index (χ0) is 16.5. The number of carbonyl (C=O) groups excluding carboxylic acids is 1. The van der Waals surface area contributed by atoms with Crippen molar-refractivity contribution in [3.63, 3.8) is 0 Å². The summed E-state index contributed by atoms with van der Waals surface area (Å²) in [7, 11) is 0.